The van der Waals surface area contributed by atoms with E-state index in [1.165, 1.54) is 0 Å². The first kappa shape index (κ1) is 11.2. The Morgan fingerprint density at radius 1 is 1.44 bits per heavy atom. The van der Waals surface area contributed by atoms with Gasteiger partial charge in [-0.3, -0.25) is 4.79 Å². The molecular weight excluding hydrogens is 224 g/mol. The van der Waals surface area contributed by atoms with Crippen molar-refractivity contribution in [1.29, 1.82) is 0 Å². The Balaban J connectivity index is 2.35. The summed E-state index contributed by atoms with van der Waals surface area (Å²) in [5.74, 6) is 0.0481. The average molecular weight is 237 g/mol. The first-order valence-electron chi connectivity index (χ1n) is 5.22. The number of nitrogens with two attached hydrogens (primary N) is 1. The number of hydrogen-bond donors (Lipinski definition) is 2. The molecular formula is C12H13ClN2O. The third kappa shape index (κ3) is 2.10. The van der Waals surface area contributed by atoms with Gasteiger partial charge in [0.05, 0.1) is 5.02 Å². The summed E-state index contributed by atoms with van der Waals surface area (Å²) in [5.41, 5.74) is 6.88. The van der Waals surface area contributed by atoms with Crippen LogP contribution in [0.4, 0.5) is 0 Å². The fraction of sp³-hybridized carbons (Fsp3) is 0.250. The predicted octanol–water partition coefficient (Wildman–Crippen LogP) is 2.74. The van der Waals surface area contributed by atoms with E-state index in [2.05, 4.69) is 4.98 Å². The maximum atomic E-state index is 11.8. The molecule has 4 heteroatoms. The van der Waals surface area contributed by atoms with Gasteiger partial charge in [-0.15, -0.1) is 0 Å². The summed E-state index contributed by atoms with van der Waals surface area (Å²) in [6, 6.07) is 5.54. The van der Waals surface area contributed by atoms with Gasteiger partial charge in [-0.25, -0.2) is 0 Å². The van der Waals surface area contributed by atoms with Crippen molar-refractivity contribution in [1.82, 2.24) is 4.98 Å². The minimum absolute atomic E-state index is 0.0481. The molecule has 0 radical (unpaired) electrons. The third-order valence-electron chi connectivity index (χ3n) is 2.55. The molecule has 0 spiro atoms. The normalized spacial score (nSPS) is 10.9. The lowest BCUT2D eigenvalue weighted by atomic mass is 10.1. The Morgan fingerprint density at radius 2 is 2.25 bits per heavy atom. The molecule has 0 saturated carbocycles. The van der Waals surface area contributed by atoms with E-state index in [1.807, 2.05) is 18.3 Å². The number of carbonyl (C=O) groups is 1. The SMILES string of the molecule is NCCCC(=O)c1cc2[nH]ccc2cc1Cl. The highest BCUT2D eigenvalue weighted by atomic mass is 35.5. The molecule has 0 bridgehead atoms. The zero-order chi connectivity index (χ0) is 11.5. The van der Waals surface area contributed by atoms with Crippen molar-refractivity contribution in [3.8, 4) is 0 Å². The van der Waals surface area contributed by atoms with Crippen LogP contribution in [0.2, 0.25) is 5.02 Å². The summed E-state index contributed by atoms with van der Waals surface area (Å²) in [6.07, 6.45) is 2.97. The van der Waals surface area contributed by atoms with Crippen LogP contribution >= 0.6 is 11.6 Å². The van der Waals surface area contributed by atoms with Gasteiger partial charge in [0.1, 0.15) is 0 Å². The molecule has 1 heterocycles. The minimum Gasteiger partial charge on any atom is -0.361 e. The number of nitrogens with one attached hydrogen (secondary N) is 1. The van der Waals surface area contributed by atoms with Crippen molar-refractivity contribution in [2.75, 3.05) is 6.54 Å². The molecule has 3 nitrogen and oxygen atoms in total. The third-order valence-corrected chi connectivity index (χ3v) is 2.86. The fourth-order valence-corrected chi connectivity index (χ4v) is 1.96. The van der Waals surface area contributed by atoms with Gasteiger partial charge in [0.25, 0.3) is 0 Å². The van der Waals surface area contributed by atoms with E-state index in [4.69, 9.17) is 17.3 Å². The van der Waals surface area contributed by atoms with Gasteiger partial charge in [0.15, 0.2) is 5.78 Å². The number of hydrogen-bond acceptors (Lipinski definition) is 2. The molecule has 0 fully saturated rings. The van der Waals surface area contributed by atoms with Gasteiger partial charge in [0, 0.05) is 29.1 Å². The number of Topliss-reactive ketones (excluding diaryl/α,β-unsaturated/α-hetero) is 1. The lowest BCUT2D eigenvalue weighted by molar-refractivity contribution is 0.0981. The molecule has 3 N–H and O–H groups in total. The van der Waals surface area contributed by atoms with Crippen LogP contribution in [0, 0.1) is 0 Å². The molecule has 0 saturated heterocycles. The Bertz CT molecular complexity index is 519. The van der Waals surface area contributed by atoms with Crippen LogP contribution in [0.1, 0.15) is 23.2 Å². The van der Waals surface area contributed by atoms with Crippen molar-refractivity contribution < 1.29 is 4.79 Å². The number of H-pyrrole nitrogens is 1. The quantitative estimate of drug-likeness (QED) is 0.802. The molecule has 1 aromatic heterocycles. The molecule has 0 aliphatic carbocycles. The number of ketones is 1. The molecule has 0 unspecified atom stereocenters. The molecule has 0 atom stereocenters. The second-order valence-corrected chi connectivity index (χ2v) is 4.12. The number of aromatic nitrogens is 1. The number of carbonyl (C=O) groups excluding carboxylic acids is 1. The second-order valence-electron chi connectivity index (χ2n) is 3.71. The van der Waals surface area contributed by atoms with Crippen LogP contribution in [-0.2, 0) is 0 Å². The average Bonchev–Trinajstić information content (AvgIpc) is 2.71. The van der Waals surface area contributed by atoms with Crippen molar-refractivity contribution in [2.45, 2.75) is 12.8 Å². The highest BCUT2D eigenvalue weighted by Gasteiger charge is 2.11. The fourth-order valence-electron chi connectivity index (χ4n) is 1.68. The predicted molar refractivity (Wildman–Crippen MR) is 65.9 cm³/mol. The highest BCUT2D eigenvalue weighted by Crippen LogP contribution is 2.24. The van der Waals surface area contributed by atoms with Crippen LogP contribution in [0.25, 0.3) is 10.9 Å². The molecule has 2 aromatic rings. The van der Waals surface area contributed by atoms with E-state index >= 15 is 0 Å². The number of aromatic amines is 1. The van der Waals surface area contributed by atoms with Gasteiger partial charge in [-0.2, -0.15) is 0 Å². The lowest BCUT2D eigenvalue weighted by Crippen LogP contribution is -2.05. The summed E-state index contributed by atoms with van der Waals surface area (Å²) in [6.45, 7) is 0.522. The van der Waals surface area contributed by atoms with Crippen LogP contribution < -0.4 is 5.73 Å². The van der Waals surface area contributed by atoms with Gasteiger partial charge in [-0.05, 0) is 31.2 Å². The molecule has 2 rings (SSSR count). The minimum atomic E-state index is 0.0481. The van der Waals surface area contributed by atoms with Gasteiger partial charge < -0.3 is 10.7 Å². The lowest BCUT2D eigenvalue weighted by Gasteiger charge is -2.03. The Morgan fingerprint density at radius 3 is 3.00 bits per heavy atom. The van der Waals surface area contributed by atoms with Crippen molar-refractivity contribution >= 4 is 28.3 Å². The summed E-state index contributed by atoms with van der Waals surface area (Å²) in [7, 11) is 0. The topological polar surface area (TPSA) is 58.9 Å². The molecule has 16 heavy (non-hydrogen) atoms. The van der Waals surface area contributed by atoms with E-state index in [9.17, 15) is 4.79 Å². The zero-order valence-electron chi connectivity index (χ0n) is 8.79. The maximum Gasteiger partial charge on any atom is 0.164 e. The molecule has 0 amide bonds. The van der Waals surface area contributed by atoms with Crippen molar-refractivity contribution in [2.24, 2.45) is 5.73 Å². The van der Waals surface area contributed by atoms with E-state index in [-0.39, 0.29) is 5.78 Å². The van der Waals surface area contributed by atoms with E-state index in [0.717, 1.165) is 10.9 Å². The van der Waals surface area contributed by atoms with Crippen LogP contribution in [0.5, 0.6) is 0 Å². The summed E-state index contributed by atoms with van der Waals surface area (Å²) in [5, 5.41) is 1.52. The van der Waals surface area contributed by atoms with Crippen LogP contribution in [0.3, 0.4) is 0 Å². The Kier molecular flexibility index (Phi) is 3.27. The number of rotatable bonds is 4. The van der Waals surface area contributed by atoms with E-state index in [0.29, 0.717) is 30.0 Å². The number of halogens is 1. The second kappa shape index (κ2) is 4.68. The van der Waals surface area contributed by atoms with Gasteiger partial charge in [-0.1, -0.05) is 11.6 Å². The smallest absolute Gasteiger partial charge is 0.164 e. The van der Waals surface area contributed by atoms with Gasteiger partial charge >= 0.3 is 0 Å². The van der Waals surface area contributed by atoms with Crippen LogP contribution in [-0.4, -0.2) is 17.3 Å². The molecule has 84 valence electrons. The highest BCUT2D eigenvalue weighted by molar-refractivity contribution is 6.34. The van der Waals surface area contributed by atoms with E-state index in [1.54, 1.807) is 6.07 Å². The first-order chi connectivity index (χ1) is 7.72. The number of fused-ring (bicyclic) bond motifs is 1. The standard InChI is InChI=1S/C12H13ClN2O/c13-10-6-8-3-5-15-11(8)7-9(10)12(16)2-1-4-14/h3,5-7,15H,1-2,4,14H2. The largest absolute Gasteiger partial charge is 0.361 e. The molecule has 0 aliphatic heterocycles. The Hall–Kier alpha value is -1.32. The monoisotopic (exact) mass is 236 g/mol. The summed E-state index contributed by atoms with van der Waals surface area (Å²) >= 11 is 6.07. The Labute approximate surface area is 98.6 Å². The molecule has 0 aliphatic rings. The maximum absolute atomic E-state index is 11.8. The van der Waals surface area contributed by atoms with E-state index < -0.39 is 0 Å². The van der Waals surface area contributed by atoms with Gasteiger partial charge in [0.2, 0.25) is 0 Å². The molecule has 1 aromatic carbocycles. The van der Waals surface area contributed by atoms with Crippen molar-refractivity contribution in [3.05, 3.63) is 35.0 Å². The summed E-state index contributed by atoms with van der Waals surface area (Å²) < 4.78 is 0. The van der Waals surface area contributed by atoms with Crippen molar-refractivity contribution in [3.63, 3.8) is 0 Å². The zero-order valence-corrected chi connectivity index (χ0v) is 9.55. The number of benzene rings is 1. The van der Waals surface area contributed by atoms with Crippen LogP contribution in [0.15, 0.2) is 24.4 Å². The first-order valence-corrected chi connectivity index (χ1v) is 5.60. The summed E-state index contributed by atoms with van der Waals surface area (Å²) in [4.78, 5) is 14.9.